The summed E-state index contributed by atoms with van der Waals surface area (Å²) in [6.45, 7) is 7.20. The Morgan fingerprint density at radius 2 is 2.07 bits per heavy atom. The van der Waals surface area contributed by atoms with E-state index in [2.05, 4.69) is 0 Å². The van der Waals surface area contributed by atoms with Crippen molar-refractivity contribution in [3.05, 3.63) is 0 Å². The van der Waals surface area contributed by atoms with Crippen molar-refractivity contribution in [2.24, 2.45) is 5.73 Å². The molecular weight excluding hydrogens is 192 g/mol. The molecule has 0 aromatic heterocycles. The molecule has 0 radical (unpaired) electrons. The second-order valence-electron chi connectivity index (χ2n) is 3.82. The van der Waals surface area contributed by atoms with E-state index in [-0.39, 0.29) is 18.0 Å². The van der Waals surface area contributed by atoms with Crippen LogP contribution in [0.5, 0.6) is 0 Å². The van der Waals surface area contributed by atoms with E-state index in [1.54, 1.807) is 12.0 Å². The lowest BCUT2D eigenvalue weighted by atomic mass is 10.1. The molecule has 0 aromatic rings. The number of carbonyl (C=O) groups is 1. The third-order valence-electron chi connectivity index (χ3n) is 2.48. The van der Waals surface area contributed by atoms with Crippen LogP contribution in [0.15, 0.2) is 0 Å². The Kier molecular flexibility index (Phi) is 7.34. The lowest BCUT2D eigenvalue weighted by molar-refractivity contribution is -0.135. The van der Waals surface area contributed by atoms with Gasteiger partial charge in [0, 0.05) is 13.7 Å². The maximum atomic E-state index is 11.9. The van der Waals surface area contributed by atoms with Gasteiger partial charge in [0.15, 0.2) is 0 Å². The van der Waals surface area contributed by atoms with Gasteiger partial charge in [0.1, 0.15) is 0 Å². The second-order valence-corrected chi connectivity index (χ2v) is 3.82. The third-order valence-corrected chi connectivity index (χ3v) is 2.48. The fourth-order valence-corrected chi connectivity index (χ4v) is 1.66. The molecule has 0 bridgehead atoms. The van der Waals surface area contributed by atoms with Crippen molar-refractivity contribution >= 4 is 5.91 Å². The first-order valence-electron chi connectivity index (χ1n) is 5.63. The number of nitrogens with two attached hydrogens (primary N) is 1. The summed E-state index contributed by atoms with van der Waals surface area (Å²) in [5.41, 5.74) is 5.81. The predicted molar refractivity (Wildman–Crippen MR) is 61.6 cm³/mol. The summed E-state index contributed by atoms with van der Waals surface area (Å²) in [5.74, 6) is 0.0314. The highest BCUT2D eigenvalue weighted by molar-refractivity contribution is 5.81. The van der Waals surface area contributed by atoms with Crippen LogP contribution in [0, 0.1) is 0 Å². The van der Waals surface area contributed by atoms with Crippen molar-refractivity contribution in [3.8, 4) is 0 Å². The quantitative estimate of drug-likeness (QED) is 0.690. The molecule has 2 atom stereocenters. The Bertz CT molecular complexity index is 185. The van der Waals surface area contributed by atoms with E-state index in [9.17, 15) is 4.79 Å². The van der Waals surface area contributed by atoms with Crippen molar-refractivity contribution < 1.29 is 9.53 Å². The van der Waals surface area contributed by atoms with Gasteiger partial charge >= 0.3 is 0 Å². The zero-order chi connectivity index (χ0) is 11.8. The largest absolute Gasteiger partial charge is 0.383 e. The van der Waals surface area contributed by atoms with Gasteiger partial charge in [-0.3, -0.25) is 4.79 Å². The summed E-state index contributed by atoms with van der Waals surface area (Å²) in [4.78, 5) is 13.7. The van der Waals surface area contributed by atoms with Gasteiger partial charge < -0.3 is 15.4 Å². The van der Waals surface area contributed by atoms with E-state index in [1.807, 2.05) is 20.8 Å². The number of likely N-dealkylation sites (N-methyl/N-ethyl adjacent to an activating group) is 1. The van der Waals surface area contributed by atoms with Crippen molar-refractivity contribution in [2.45, 2.75) is 45.7 Å². The van der Waals surface area contributed by atoms with Crippen molar-refractivity contribution in [1.82, 2.24) is 4.90 Å². The number of amides is 1. The van der Waals surface area contributed by atoms with E-state index in [1.165, 1.54) is 0 Å². The first-order valence-corrected chi connectivity index (χ1v) is 5.63. The Hall–Kier alpha value is -0.610. The van der Waals surface area contributed by atoms with E-state index in [0.717, 1.165) is 12.8 Å². The van der Waals surface area contributed by atoms with Crippen LogP contribution < -0.4 is 5.73 Å². The molecule has 1 amide bonds. The highest BCUT2D eigenvalue weighted by Gasteiger charge is 2.23. The Labute approximate surface area is 92.8 Å². The lowest BCUT2D eigenvalue weighted by Gasteiger charge is -2.29. The van der Waals surface area contributed by atoms with E-state index in [0.29, 0.717) is 13.2 Å². The molecule has 0 aliphatic rings. The maximum Gasteiger partial charge on any atom is 0.239 e. The third kappa shape index (κ3) is 4.62. The number of hydrogen-bond acceptors (Lipinski definition) is 3. The minimum absolute atomic E-state index is 0.0314. The number of ether oxygens (including phenoxy) is 1. The van der Waals surface area contributed by atoms with Crippen molar-refractivity contribution in [2.75, 3.05) is 20.3 Å². The maximum absolute atomic E-state index is 11.9. The standard InChI is InChI=1S/C11H24N2O2/c1-5-7-10(12)11(14)13(6-2)9(3)8-15-4/h9-10H,5-8,12H2,1-4H3. The topological polar surface area (TPSA) is 55.6 Å². The van der Waals surface area contributed by atoms with Crippen LogP contribution in [0.2, 0.25) is 0 Å². The number of hydrogen-bond donors (Lipinski definition) is 1. The van der Waals surface area contributed by atoms with E-state index < -0.39 is 0 Å². The van der Waals surface area contributed by atoms with Crippen LogP contribution in [0.25, 0.3) is 0 Å². The molecule has 0 fully saturated rings. The van der Waals surface area contributed by atoms with Gasteiger partial charge in [-0.25, -0.2) is 0 Å². The fraction of sp³-hybridized carbons (Fsp3) is 0.909. The summed E-state index contributed by atoms with van der Waals surface area (Å²) in [7, 11) is 1.64. The van der Waals surface area contributed by atoms with Gasteiger partial charge in [-0.1, -0.05) is 13.3 Å². The molecule has 0 aliphatic heterocycles. The van der Waals surface area contributed by atoms with Gasteiger partial charge in [-0.15, -0.1) is 0 Å². The van der Waals surface area contributed by atoms with Crippen LogP contribution in [0.3, 0.4) is 0 Å². The van der Waals surface area contributed by atoms with Crippen LogP contribution >= 0.6 is 0 Å². The molecule has 0 saturated carbocycles. The zero-order valence-corrected chi connectivity index (χ0v) is 10.3. The smallest absolute Gasteiger partial charge is 0.239 e. The highest BCUT2D eigenvalue weighted by atomic mass is 16.5. The lowest BCUT2D eigenvalue weighted by Crippen LogP contribution is -2.48. The molecular formula is C11H24N2O2. The van der Waals surface area contributed by atoms with E-state index in [4.69, 9.17) is 10.5 Å². The number of nitrogens with zero attached hydrogens (tertiary/aromatic N) is 1. The molecule has 2 unspecified atom stereocenters. The molecule has 4 nitrogen and oxygen atoms in total. The molecule has 0 aromatic carbocycles. The molecule has 15 heavy (non-hydrogen) atoms. The average Bonchev–Trinajstić information content (AvgIpc) is 2.19. The molecule has 90 valence electrons. The van der Waals surface area contributed by atoms with Crippen molar-refractivity contribution in [1.29, 1.82) is 0 Å². The number of methoxy groups -OCH3 is 1. The van der Waals surface area contributed by atoms with Gasteiger partial charge in [-0.2, -0.15) is 0 Å². The van der Waals surface area contributed by atoms with Crippen LogP contribution in [0.4, 0.5) is 0 Å². The minimum atomic E-state index is -0.366. The predicted octanol–water partition coefficient (Wildman–Crippen LogP) is 0.997. The SMILES string of the molecule is CCCC(N)C(=O)N(CC)C(C)COC. The van der Waals surface area contributed by atoms with Crippen LogP contribution in [0.1, 0.15) is 33.6 Å². The van der Waals surface area contributed by atoms with E-state index >= 15 is 0 Å². The van der Waals surface area contributed by atoms with Gasteiger partial charge in [0.25, 0.3) is 0 Å². The van der Waals surface area contributed by atoms with Gasteiger partial charge in [0.2, 0.25) is 5.91 Å². The molecule has 0 spiro atoms. The molecule has 4 heteroatoms. The minimum Gasteiger partial charge on any atom is -0.383 e. The normalized spacial score (nSPS) is 14.7. The van der Waals surface area contributed by atoms with Crippen molar-refractivity contribution in [3.63, 3.8) is 0 Å². The molecule has 0 heterocycles. The Balaban J connectivity index is 4.32. The highest BCUT2D eigenvalue weighted by Crippen LogP contribution is 2.05. The summed E-state index contributed by atoms with van der Waals surface area (Å²) < 4.78 is 5.04. The Morgan fingerprint density at radius 3 is 2.47 bits per heavy atom. The zero-order valence-electron chi connectivity index (χ0n) is 10.3. The molecule has 0 saturated heterocycles. The molecule has 2 N–H and O–H groups in total. The van der Waals surface area contributed by atoms with Gasteiger partial charge in [0.05, 0.1) is 18.7 Å². The summed E-state index contributed by atoms with van der Waals surface area (Å²) in [6, 6.07) is -0.273. The van der Waals surface area contributed by atoms with Gasteiger partial charge in [-0.05, 0) is 20.3 Å². The monoisotopic (exact) mass is 216 g/mol. The first kappa shape index (κ1) is 14.4. The summed E-state index contributed by atoms with van der Waals surface area (Å²) in [6.07, 6.45) is 1.68. The average molecular weight is 216 g/mol. The van der Waals surface area contributed by atoms with Crippen LogP contribution in [-0.2, 0) is 9.53 Å². The number of carbonyl (C=O) groups excluding carboxylic acids is 1. The summed E-state index contributed by atoms with van der Waals surface area (Å²) >= 11 is 0. The Morgan fingerprint density at radius 1 is 1.47 bits per heavy atom. The summed E-state index contributed by atoms with van der Waals surface area (Å²) in [5, 5.41) is 0. The second kappa shape index (κ2) is 7.65. The van der Waals surface area contributed by atoms with Crippen LogP contribution in [-0.4, -0.2) is 43.2 Å². The number of rotatable bonds is 7. The molecule has 0 rings (SSSR count). The fourth-order valence-electron chi connectivity index (χ4n) is 1.66. The first-order chi connectivity index (χ1) is 7.08. The molecule has 0 aliphatic carbocycles.